The molecule has 2 N–H and O–H groups in total. The van der Waals surface area contributed by atoms with Gasteiger partial charge in [-0.05, 0) is 44.0 Å². The number of anilines is 1. The molecule has 2 heterocycles. The number of benzene rings is 1. The van der Waals surface area contributed by atoms with E-state index >= 15 is 0 Å². The molecule has 0 bridgehead atoms. The van der Waals surface area contributed by atoms with Crippen LogP contribution in [0.15, 0.2) is 30.5 Å². The number of alkyl halides is 2. The van der Waals surface area contributed by atoms with Gasteiger partial charge in [-0.15, -0.1) is 11.3 Å². The second-order valence-corrected chi connectivity index (χ2v) is 7.13. The molecule has 0 saturated carbocycles. The standard InChI is InChI=1S/C16H16ClF2N3OS/c17-12-3-1-2-11(8-12)16(18,19)14(23)22-15-21-9-13(24-15)10-4-6-20-7-5-10/h1-3,8-10,20H,4-7H2,(H,21,22,23). The average molecular weight is 372 g/mol. The van der Waals surface area contributed by atoms with Crippen LogP contribution in [-0.2, 0) is 10.7 Å². The zero-order chi connectivity index (χ0) is 17.2. The van der Waals surface area contributed by atoms with Gasteiger partial charge in [-0.2, -0.15) is 8.78 Å². The Balaban J connectivity index is 1.71. The number of halogens is 3. The first-order valence-electron chi connectivity index (χ1n) is 7.58. The maximum Gasteiger partial charge on any atom is 0.350 e. The van der Waals surface area contributed by atoms with Crippen molar-refractivity contribution in [2.75, 3.05) is 18.4 Å². The van der Waals surface area contributed by atoms with Crippen LogP contribution in [0.1, 0.15) is 29.2 Å². The molecule has 128 valence electrons. The number of thiazole rings is 1. The van der Waals surface area contributed by atoms with E-state index in [1.54, 1.807) is 6.20 Å². The molecule has 1 aliphatic rings. The van der Waals surface area contributed by atoms with E-state index in [0.29, 0.717) is 5.92 Å². The van der Waals surface area contributed by atoms with Crippen LogP contribution < -0.4 is 10.6 Å². The highest BCUT2D eigenvalue weighted by atomic mass is 35.5. The van der Waals surface area contributed by atoms with Crippen LogP contribution in [0.5, 0.6) is 0 Å². The topological polar surface area (TPSA) is 54.0 Å². The van der Waals surface area contributed by atoms with Gasteiger partial charge in [0.1, 0.15) is 0 Å². The molecule has 0 unspecified atom stereocenters. The molecule has 0 radical (unpaired) electrons. The molecule has 1 aromatic carbocycles. The monoisotopic (exact) mass is 371 g/mol. The van der Waals surface area contributed by atoms with E-state index in [-0.39, 0.29) is 10.2 Å². The summed E-state index contributed by atoms with van der Waals surface area (Å²) in [6, 6.07) is 5.12. The summed E-state index contributed by atoms with van der Waals surface area (Å²) in [7, 11) is 0. The zero-order valence-corrected chi connectivity index (χ0v) is 14.3. The van der Waals surface area contributed by atoms with Gasteiger partial charge in [-0.1, -0.05) is 23.7 Å². The highest BCUT2D eigenvalue weighted by molar-refractivity contribution is 7.15. The molecular formula is C16H16ClF2N3OS. The summed E-state index contributed by atoms with van der Waals surface area (Å²) in [5, 5.41) is 5.84. The lowest BCUT2D eigenvalue weighted by molar-refractivity contribution is -0.140. The first-order valence-corrected chi connectivity index (χ1v) is 8.78. The lowest BCUT2D eigenvalue weighted by Crippen LogP contribution is -2.32. The van der Waals surface area contributed by atoms with E-state index < -0.39 is 17.4 Å². The number of nitrogens with one attached hydrogen (secondary N) is 2. The van der Waals surface area contributed by atoms with Crippen molar-refractivity contribution in [2.45, 2.75) is 24.7 Å². The zero-order valence-electron chi connectivity index (χ0n) is 12.7. The summed E-state index contributed by atoms with van der Waals surface area (Å²) in [5.74, 6) is -4.72. The molecule has 8 heteroatoms. The van der Waals surface area contributed by atoms with Crippen LogP contribution in [0.3, 0.4) is 0 Å². The van der Waals surface area contributed by atoms with Crippen molar-refractivity contribution < 1.29 is 13.6 Å². The fourth-order valence-corrected chi connectivity index (χ4v) is 3.80. The van der Waals surface area contributed by atoms with Gasteiger partial charge in [0.05, 0.1) is 0 Å². The molecule has 1 saturated heterocycles. The maximum absolute atomic E-state index is 14.3. The van der Waals surface area contributed by atoms with Crippen LogP contribution in [0.2, 0.25) is 5.02 Å². The molecule has 1 amide bonds. The van der Waals surface area contributed by atoms with E-state index in [1.165, 1.54) is 29.5 Å². The van der Waals surface area contributed by atoms with E-state index in [4.69, 9.17) is 11.6 Å². The van der Waals surface area contributed by atoms with Crippen LogP contribution in [0, 0.1) is 0 Å². The third-order valence-electron chi connectivity index (χ3n) is 3.96. The van der Waals surface area contributed by atoms with Gasteiger partial charge >= 0.3 is 11.8 Å². The molecule has 2 aromatic rings. The van der Waals surface area contributed by atoms with Crippen molar-refractivity contribution in [3.05, 3.63) is 45.9 Å². The number of hydrogen-bond acceptors (Lipinski definition) is 4. The predicted octanol–water partition coefficient (Wildman–Crippen LogP) is 3.99. The minimum absolute atomic E-state index is 0.155. The van der Waals surface area contributed by atoms with E-state index in [1.807, 2.05) is 0 Å². The highest BCUT2D eigenvalue weighted by Crippen LogP contribution is 2.34. The number of carbonyl (C=O) groups excluding carboxylic acids is 1. The molecule has 1 fully saturated rings. The number of hydrogen-bond donors (Lipinski definition) is 2. The van der Waals surface area contributed by atoms with Gasteiger partial charge in [-0.25, -0.2) is 4.98 Å². The Morgan fingerprint density at radius 3 is 2.83 bits per heavy atom. The third kappa shape index (κ3) is 3.74. The quantitative estimate of drug-likeness (QED) is 0.854. The molecule has 3 rings (SSSR count). The number of rotatable bonds is 4. The van der Waals surface area contributed by atoms with E-state index in [2.05, 4.69) is 15.6 Å². The number of carbonyl (C=O) groups is 1. The fourth-order valence-electron chi connectivity index (χ4n) is 2.63. The van der Waals surface area contributed by atoms with Crippen molar-refractivity contribution in [2.24, 2.45) is 0 Å². The summed E-state index contributed by atoms with van der Waals surface area (Å²) < 4.78 is 28.5. The maximum atomic E-state index is 14.3. The van der Waals surface area contributed by atoms with Gasteiger partial charge < -0.3 is 5.32 Å². The normalized spacial score (nSPS) is 16.1. The lowest BCUT2D eigenvalue weighted by atomic mass is 9.97. The van der Waals surface area contributed by atoms with Gasteiger partial charge in [0.15, 0.2) is 5.13 Å². The van der Waals surface area contributed by atoms with Crippen LogP contribution in [0.4, 0.5) is 13.9 Å². The Kier molecular flexibility index (Phi) is 5.12. The largest absolute Gasteiger partial charge is 0.350 e. The summed E-state index contributed by atoms with van der Waals surface area (Å²) in [6.45, 7) is 1.86. The molecule has 1 aliphatic heterocycles. The number of piperidine rings is 1. The Bertz CT molecular complexity index is 732. The van der Waals surface area contributed by atoms with Gasteiger partial charge in [0, 0.05) is 21.7 Å². The van der Waals surface area contributed by atoms with Gasteiger partial charge in [0.25, 0.3) is 0 Å². The number of amides is 1. The molecule has 0 aliphatic carbocycles. The highest BCUT2D eigenvalue weighted by Gasteiger charge is 2.41. The average Bonchev–Trinajstić information content (AvgIpc) is 3.04. The third-order valence-corrected chi connectivity index (χ3v) is 5.27. The number of aromatic nitrogens is 1. The van der Waals surface area contributed by atoms with Crippen LogP contribution in [0.25, 0.3) is 0 Å². The Morgan fingerprint density at radius 1 is 1.38 bits per heavy atom. The van der Waals surface area contributed by atoms with Crippen molar-refractivity contribution in [1.29, 1.82) is 0 Å². The molecular weight excluding hydrogens is 356 g/mol. The summed E-state index contributed by atoms with van der Waals surface area (Å²) in [4.78, 5) is 17.1. The van der Waals surface area contributed by atoms with Crippen LogP contribution in [-0.4, -0.2) is 24.0 Å². The first kappa shape index (κ1) is 17.3. The SMILES string of the molecule is O=C(Nc1ncc(C2CCNCC2)s1)C(F)(F)c1cccc(Cl)c1. The Hall–Kier alpha value is -1.57. The van der Waals surface area contributed by atoms with E-state index in [0.717, 1.165) is 36.9 Å². The minimum atomic E-state index is -3.68. The molecule has 0 spiro atoms. The second kappa shape index (κ2) is 7.13. The summed E-state index contributed by atoms with van der Waals surface area (Å²) in [6.07, 6.45) is 3.62. The minimum Gasteiger partial charge on any atom is -0.317 e. The van der Waals surface area contributed by atoms with Crippen molar-refractivity contribution in [3.63, 3.8) is 0 Å². The van der Waals surface area contributed by atoms with Crippen LogP contribution >= 0.6 is 22.9 Å². The van der Waals surface area contributed by atoms with Crippen molar-refractivity contribution >= 4 is 34.0 Å². The molecule has 1 aromatic heterocycles. The summed E-state index contributed by atoms with van der Waals surface area (Å²) >= 11 is 6.98. The second-order valence-electron chi connectivity index (χ2n) is 5.63. The molecule has 0 atom stereocenters. The Morgan fingerprint density at radius 2 is 2.12 bits per heavy atom. The smallest absolute Gasteiger partial charge is 0.317 e. The Labute approximate surface area is 147 Å². The molecule has 24 heavy (non-hydrogen) atoms. The van der Waals surface area contributed by atoms with Crippen molar-refractivity contribution in [1.82, 2.24) is 10.3 Å². The van der Waals surface area contributed by atoms with Gasteiger partial charge in [0.2, 0.25) is 0 Å². The van der Waals surface area contributed by atoms with Crippen molar-refractivity contribution in [3.8, 4) is 0 Å². The predicted molar refractivity (Wildman–Crippen MR) is 90.9 cm³/mol. The van der Waals surface area contributed by atoms with Gasteiger partial charge in [-0.3, -0.25) is 10.1 Å². The van der Waals surface area contributed by atoms with E-state index in [9.17, 15) is 13.6 Å². The lowest BCUT2D eigenvalue weighted by Gasteiger charge is -2.20. The summed E-state index contributed by atoms with van der Waals surface area (Å²) in [5.41, 5.74) is -0.442. The molecule has 4 nitrogen and oxygen atoms in total. The first-order chi connectivity index (χ1) is 11.5. The fraction of sp³-hybridized carbons (Fsp3) is 0.375. The number of nitrogens with zero attached hydrogens (tertiary/aromatic N) is 1.